The Morgan fingerprint density at radius 3 is 2.81 bits per heavy atom. The van der Waals surface area contributed by atoms with Gasteiger partial charge in [-0.1, -0.05) is 6.92 Å². The van der Waals surface area contributed by atoms with Crippen molar-refractivity contribution in [3.05, 3.63) is 20.8 Å². The van der Waals surface area contributed by atoms with Crippen LogP contribution in [0.15, 0.2) is 15.9 Å². The van der Waals surface area contributed by atoms with Crippen molar-refractivity contribution in [1.82, 2.24) is 10.2 Å². The third-order valence-corrected chi connectivity index (χ3v) is 3.80. The molecule has 1 N–H and O–H groups in total. The lowest BCUT2D eigenvalue weighted by Gasteiger charge is -2.19. The molecule has 16 heavy (non-hydrogen) atoms. The Hall–Kier alpha value is -0.390. The summed E-state index contributed by atoms with van der Waals surface area (Å²) in [6.07, 6.45) is 1.06. The second kappa shape index (κ2) is 7.04. The summed E-state index contributed by atoms with van der Waals surface area (Å²) in [6.45, 7) is 4.39. The van der Waals surface area contributed by atoms with Crippen molar-refractivity contribution in [2.45, 2.75) is 19.9 Å². The van der Waals surface area contributed by atoms with E-state index in [4.69, 9.17) is 0 Å². The van der Waals surface area contributed by atoms with E-state index >= 15 is 0 Å². The van der Waals surface area contributed by atoms with Crippen LogP contribution in [-0.4, -0.2) is 30.9 Å². The molecule has 3 nitrogen and oxygen atoms in total. The number of nitrogens with zero attached hydrogens (tertiary/aromatic N) is 1. The average molecular weight is 305 g/mol. The molecule has 1 amide bonds. The van der Waals surface area contributed by atoms with E-state index in [0.29, 0.717) is 6.54 Å². The Bertz CT molecular complexity index is 340. The molecule has 0 bridgehead atoms. The van der Waals surface area contributed by atoms with Crippen LogP contribution in [-0.2, 0) is 11.3 Å². The molecule has 0 aliphatic rings. The molecule has 0 unspecified atom stereocenters. The molecule has 90 valence electrons. The fourth-order valence-electron chi connectivity index (χ4n) is 1.47. The second-order valence-corrected chi connectivity index (χ2v) is 6.14. The quantitative estimate of drug-likeness (QED) is 0.875. The molecule has 0 saturated carbocycles. The van der Waals surface area contributed by atoms with E-state index < -0.39 is 0 Å². The fraction of sp³-hybridized carbons (Fsp3) is 0.545. The molecule has 0 aliphatic heterocycles. The standard InChI is InChI=1S/C11H17BrN2OS/c1-3-6-14(8-11(15)13-2)7-9-4-5-10(12)16-9/h4-5H,3,6-8H2,1-2H3,(H,13,15). The van der Waals surface area contributed by atoms with Gasteiger partial charge in [0.25, 0.3) is 0 Å². The highest BCUT2D eigenvalue weighted by atomic mass is 79.9. The summed E-state index contributed by atoms with van der Waals surface area (Å²) < 4.78 is 1.14. The lowest BCUT2D eigenvalue weighted by Crippen LogP contribution is -2.35. The highest BCUT2D eigenvalue weighted by Crippen LogP contribution is 2.23. The number of rotatable bonds is 6. The van der Waals surface area contributed by atoms with Crippen LogP contribution in [0, 0.1) is 0 Å². The molecule has 1 aromatic heterocycles. The van der Waals surface area contributed by atoms with Crippen LogP contribution in [0.4, 0.5) is 0 Å². The SMILES string of the molecule is CCCN(CC(=O)NC)Cc1ccc(Br)s1. The largest absolute Gasteiger partial charge is 0.358 e. The van der Waals surface area contributed by atoms with Gasteiger partial charge in [0.1, 0.15) is 0 Å². The number of carbonyl (C=O) groups is 1. The molecule has 0 saturated heterocycles. The Balaban J connectivity index is 2.53. The predicted molar refractivity (Wildman–Crippen MR) is 71.7 cm³/mol. The van der Waals surface area contributed by atoms with E-state index in [1.54, 1.807) is 18.4 Å². The van der Waals surface area contributed by atoms with Crippen LogP contribution in [0.1, 0.15) is 18.2 Å². The van der Waals surface area contributed by atoms with Crippen molar-refractivity contribution < 1.29 is 4.79 Å². The van der Waals surface area contributed by atoms with Gasteiger partial charge in [-0.2, -0.15) is 0 Å². The topological polar surface area (TPSA) is 32.3 Å². The average Bonchev–Trinajstić information content (AvgIpc) is 2.64. The molecule has 0 spiro atoms. The Kier molecular flexibility index (Phi) is 6.01. The maximum absolute atomic E-state index is 11.3. The van der Waals surface area contributed by atoms with Crippen LogP contribution in [0.5, 0.6) is 0 Å². The minimum atomic E-state index is 0.0732. The van der Waals surface area contributed by atoms with Gasteiger partial charge >= 0.3 is 0 Å². The fourth-order valence-corrected chi connectivity index (χ4v) is 3.00. The lowest BCUT2D eigenvalue weighted by molar-refractivity contribution is -0.121. The highest BCUT2D eigenvalue weighted by Gasteiger charge is 2.10. The Morgan fingerprint density at radius 1 is 1.56 bits per heavy atom. The van der Waals surface area contributed by atoms with Crippen LogP contribution >= 0.6 is 27.3 Å². The van der Waals surface area contributed by atoms with Crippen LogP contribution in [0.3, 0.4) is 0 Å². The number of likely N-dealkylation sites (N-methyl/N-ethyl adjacent to an activating group) is 1. The number of hydrogen-bond donors (Lipinski definition) is 1. The van der Waals surface area contributed by atoms with Gasteiger partial charge in [-0.25, -0.2) is 0 Å². The zero-order chi connectivity index (χ0) is 12.0. The number of amides is 1. The van der Waals surface area contributed by atoms with Crippen LogP contribution in [0.25, 0.3) is 0 Å². The molecule has 1 rings (SSSR count). The third-order valence-electron chi connectivity index (χ3n) is 2.19. The molecule has 0 aromatic carbocycles. The van der Waals surface area contributed by atoms with Crippen LogP contribution < -0.4 is 5.32 Å². The molecule has 0 radical (unpaired) electrons. The van der Waals surface area contributed by atoms with Crippen molar-refractivity contribution in [1.29, 1.82) is 0 Å². The molecule has 5 heteroatoms. The zero-order valence-electron chi connectivity index (χ0n) is 9.62. The third kappa shape index (κ3) is 4.63. The minimum Gasteiger partial charge on any atom is -0.358 e. The first-order valence-electron chi connectivity index (χ1n) is 5.32. The van der Waals surface area contributed by atoms with Crippen molar-refractivity contribution in [2.24, 2.45) is 0 Å². The number of thiophene rings is 1. The number of carbonyl (C=O) groups excluding carboxylic acids is 1. The van der Waals surface area contributed by atoms with Crippen molar-refractivity contribution >= 4 is 33.2 Å². The monoisotopic (exact) mass is 304 g/mol. The molecular formula is C11H17BrN2OS. The summed E-state index contributed by atoms with van der Waals surface area (Å²) >= 11 is 5.17. The van der Waals surface area contributed by atoms with Crippen molar-refractivity contribution in [3.63, 3.8) is 0 Å². The summed E-state index contributed by atoms with van der Waals surface area (Å²) in [5.41, 5.74) is 0. The summed E-state index contributed by atoms with van der Waals surface area (Å²) in [5, 5.41) is 2.66. The van der Waals surface area contributed by atoms with E-state index in [-0.39, 0.29) is 5.91 Å². The van der Waals surface area contributed by atoms with E-state index in [1.807, 2.05) is 6.07 Å². The molecule has 0 fully saturated rings. The van der Waals surface area contributed by atoms with Crippen molar-refractivity contribution in [2.75, 3.05) is 20.1 Å². The number of nitrogens with one attached hydrogen (secondary N) is 1. The van der Waals surface area contributed by atoms with Gasteiger partial charge in [-0.3, -0.25) is 9.69 Å². The zero-order valence-corrected chi connectivity index (χ0v) is 12.0. The first kappa shape index (κ1) is 13.7. The van der Waals surface area contributed by atoms with E-state index in [2.05, 4.69) is 39.1 Å². The van der Waals surface area contributed by atoms with Gasteiger partial charge in [0.05, 0.1) is 10.3 Å². The first-order valence-corrected chi connectivity index (χ1v) is 6.93. The molecule has 1 aromatic rings. The molecular weight excluding hydrogens is 288 g/mol. The number of hydrogen-bond acceptors (Lipinski definition) is 3. The maximum Gasteiger partial charge on any atom is 0.233 e. The van der Waals surface area contributed by atoms with Gasteiger partial charge < -0.3 is 5.32 Å². The first-order chi connectivity index (χ1) is 7.65. The lowest BCUT2D eigenvalue weighted by atomic mass is 10.3. The minimum absolute atomic E-state index is 0.0732. The smallest absolute Gasteiger partial charge is 0.233 e. The maximum atomic E-state index is 11.3. The second-order valence-electron chi connectivity index (χ2n) is 3.59. The Morgan fingerprint density at radius 2 is 2.31 bits per heavy atom. The van der Waals surface area contributed by atoms with Crippen LogP contribution in [0.2, 0.25) is 0 Å². The van der Waals surface area contributed by atoms with Gasteiger partial charge in [0, 0.05) is 18.5 Å². The van der Waals surface area contributed by atoms with E-state index in [1.165, 1.54) is 4.88 Å². The molecule has 0 aliphatic carbocycles. The van der Waals surface area contributed by atoms with Crippen molar-refractivity contribution in [3.8, 4) is 0 Å². The summed E-state index contributed by atoms with van der Waals surface area (Å²) in [5.74, 6) is 0.0732. The Labute approximate surface area is 109 Å². The number of halogens is 1. The molecule has 0 atom stereocenters. The van der Waals surface area contributed by atoms with E-state index in [9.17, 15) is 4.79 Å². The van der Waals surface area contributed by atoms with E-state index in [0.717, 1.165) is 23.3 Å². The highest BCUT2D eigenvalue weighted by molar-refractivity contribution is 9.11. The van der Waals surface area contributed by atoms with Gasteiger partial charge in [-0.05, 0) is 41.0 Å². The predicted octanol–water partition coefficient (Wildman–Crippen LogP) is 2.47. The summed E-state index contributed by atoms with van der Waals surface area (Å²) in [6, 6.07) is 4.14. The molecule has 1 heterocycles. The normalized spacial score (nSPS) is 10.8. The summed E-state index contributed by atoms with van der Waals surface area (Å²) in [7, 11) is 1.67. The summed E-state index contributed by atoms with van der Waals surface area (Å²) in [4.78, 5) is 14.8. The van der Waals surface area contributed by atoms with Gasteiger partial charge in [0.15, 0.2) is 0 Å². The van der Waals surface area contributed by atoms with Gasteiger partial charge in [-0.15, -0.1) is 11.3 Å². The van der Waals surface area contributed by atoms with Gasteiger partial charge in [0.2, 0.25) is 5.91 Å².